The molecule has 1 unspecified atom stereocenters. The standard InChI is InChI=1S/C21H25FN6O3/c1-14-23-10-17(11-24-14)26-5-7-27(8-6-26)20-4-3-16(9-19(20)22)28-18(12-25-15(2)29)13-31-21(28)30/h3-4,9-11,18H,5-8,12-13H2,1-2H3,(H,25,29). The van der Waals surface area contributed by atoms with E-state index in [-0.39, 0.29) is 25.1 Å². The summed E-state index contributed by atoms with van der Waals surface area (Å²) in [6.07, 6.45) is 3.07. The van der Waals surface area contributed by atoms with Gasteiger partial charge >= 0.3 is 6.09 Å². The lowest BCUT2D eigenvalue weighted by Crippen LogP contribution is -2.47. The van der Waals surface area contributed by atoms with Crippen LogP contribution in [0.25, 0.3) is 0 Å². The molecule has 1 aromatic heterocycles. The van der Waals surface area contributed by atoms with Crippen molar-refractivity contribution < 1.29 is 18.7 Å². The zero-order valence-corrected chi connectivity index (χ0v) is 17.5. The molecule has 3 heterocycles. The van der Waals surface area contributed by atoms with E-state index in [1.54, 1.807) is 24.5 Å². The molecule has 1 aromatic carbocycles. The van der Waals surface area contributed by atoms with Crippen LogP contribution in [0.2, 0.25) is 0 Å². The van der Waals surface area contributed by atoms with E-state index in [1.165, 1.54) is 17.9 Å². The molecular formula is C21H25FN6O3. The minimum Gasteiger partial charge on any atom is -0.447 e. The maximum absolute atomic E-state index is 15.0. The van der Waals surface area contributed by atoms with Crippen LogP contribution in [0.5, 0.6) is 0 Å². The maximum Gasteiger partial charge on any atom is 0.414 e. The number of hydrogen-bond donors (Lipinski definition) is 1. The Balaban J connectivity index is 1.43. The van der Waals surface area contributed by atoms with Crippen molar-refractivity contribution in [3.05, 3.63) is 42.2 Å². The molecule has 2 fully saturated rings. The number of hydrogen-bond acceptors (Lipinski definition) is 7. The second-order valence-corrected chi connectivity index (χ2v) is 7.64. The van der Waals surface area contributed by atoms with E-state index in [2.05, 4.69) is 20.2 Å². The molecule has 9 nitrogen and oxygen atoms in total. The third-order valence-corrected chi connectivity index (χ3v) is 5.51. The molecule has 1 atom stereocenters. The van der Waals surface area contributed by atoms with Gasteiger partial charge in [-0.15, -0.1) is 0 Å². The highest BCUT2D eigenvalue weighted by atomic mass is 19.1. The van der Waals surface area contributed by atoms with Gasteiger partial charge in [0.15, 0.2) is 0 Å². The van der Waals surface area contributed by atoms with Crippen LogP contribution in [0.3, 0.4) is 0 Å². The number of rotatable bonds is 5. The first-order valence-corrected chi connectivity index (χ1v) is 10.2. The lowest BCUT2D eigenvalue weighted by atomic mass is 10.2. The number of cyclic esters (lactones) is 1. The van der Waals surface area contributed by atoms with E-state index in [9.17, 15) is 14.0 Å². The molecule has 2 aliphatic rings. The summed E-state index contributed by atoms with van der Waals surface area (Å²) >= 11 is 0. The first-order chi connectivity index (χ1) is 14.9. The Morgan fingerprint density at radius 1 is 1.16 bits per heavy atom. The van der Waals surface area contributed by atoms with E-state index < -0.39 is 11.9 Å². The Hall–Kier alpha value is -3.43. The highest BCUT2D eigenvalue weighted by Gasteiger charge is 2.35. The molecule has 2 aromatic rings. The molecule has 2 amide bonds. The molecule has 0 radical (unpaired) electrons. The third kappa shape index (κ3) is 4.52. The van der Waals surface area contributed by atoms with Gasteiger partial charge in [0.2, 0.25) is 5.91 Å². The Labute approximate surface area is 179 Å². The van der Waals surface area contributed by atoms with Crippen molar-refractivity contribution in [1.29, 1.82) is 0 Å². The van der Waals surface area contributed by atoms with E-state index in [4.69, 9.17) is 4.74 Å². The molecule has 2 saturated heterocycles. The second-order valence-electron chi connectivity index (χ2n) is 7.64. The highest BCUT2D eigenvalue weighted by Crippen LogP contribution is 2.29. The number of amides is 2. The summed E-state index contributed by atoms with van der Waals surface area (Å²) < 4.78 is 20.1. The fourth-order valence-corrected chi connectivity index (χ4v) is 3.85. The van der Waals surface area contributed by atoms with Crippen LogP contribution in [-0.4, -0.2) is 67.3 Å². The number of carbonyl (C=O) groups excluding carboxylic acids is 2. The lowest BCUT2D eigenvalue weighted by molar-refractivity contribution is -0.119. The van der Waals surface area contributed by atoms with Crippen LogP contribution in [0.4, 0.5) is 26.2 Å². The van der Waals surface area contributed by atoms with Crippen molar-refractivity contribution in [3.63, 3.8) is 0 Å². The number of carbonyl (C=O) groups is 2. The van der Waals surface area contributed by atoms with Crippen molar-refractivity contribution in [2.75, 3.05) is 54.0 Å². The summed E-state index contributed by atoms with van der Waals surface area (Å²) in [7, 11) is 0. The number of benzene rings is 1. The summed E-state index contributed by atoms with van der Waals surface area (Å²) in [5, 5.41) is 2.68. The van der Waals surface area contributed by atoms with E-state index in [0.29, 0.717) is 24.5 Å². The molecule has 164 valence electrons. The third-order valence-electron chi connectivity index (χ3n) is 5.51. The van der Waals surface area contributed by atoms with E-state index >= 15 is 0 Å². The number of halogens is 1. The van der Waals surface area contributed by atoms with Gasteiger partial charge in [-0.05, 0) is 25.1 Å². The number of aryl methyl sites for hydroxylation is 1. The van der Waals surface area contributed by atoms with Crippen LogP contribution in [0.15, 0.2) is 30.6 Å². The molecule has 10 heteroatoms. The Morgan fingerprint density at radius 3 is 2.48 bits per heavy atom. The van der Waals surface area contributed by atoms with Crippen molar-refractivity contribution in [2.24, 2.45) is 0 Å². The topological polar surface area (TPSA) is 90.9 Å². The van der Waals surface area contributed by atoms with Crippen molar-refractivity contribution in [3.8, 4) is 0 Å². The van der Waals surface area contributed by atoms with Gasteiger partial charge in [0.25, 0.3) is 0 Å². The first-order valence-electron chi connectivity index (χ1n) is 10.2. The van der Waals surface area contributed by atoms with Crippen LogP contribution in [0, 0.1) is 12.7 Å². The predicted octanol–water partition coefficient (Wildman–Crippen LogP) is 1.71. The lowest BCUT2D eigenvalue weighted by Gasteiger charge is -2.37. The molecule has 0 saturated carbocycles. The number of ether oxygens (including phenoxy) is 1. The van der Waals surface area contributed by atoms with Crippen LogP contribution in [-0.2, 0) is 9.53 Å². The monoisotopic (exact) mass is 428 g/mol. The normalized spacial score (nSPS) is 18.9. The fraction of sp³-hybridized carbons (Fsp3) is 0.429. The van der Waals surface area contributed by atoms with Gasteiger partial charge in [-0.1, -0.05) is 0 Å². The maximum atomic E-state index is 15.0. The highest BCUT2D eigenvalue weighted by molar-refractivity contribution is 5.90. The SMILES string of the molecule is CC(=O)NCC1COC(=O)N1c1ccc(N2CCN(c3cnc(C)nc3)CC2)c(F)c1. The van der Waals surface area contributed by atoms with Gasteiger partial charge in [0.05, 0.1) is 35.5 Å². The molecule has 1 N–H and O–H groups in total. The number of nitrogens with zero attached hydrogens (tertiary/aromatic N) is 5. The van der Waals surface area contributed by atoms with Gasteiger partial charge in [0.1, 0.15) is 18.2 Å². The number of piperazine rings is 1. The van der Waals surface area contributed by atoms with Crippen molar-refractivity contribution >= 4 is 29.1 Å². The largest absolute Gasteiger partial charge is 0.447 e. The van der Waals surface area contributed by atoms with Gasteiger partial charge in [-0.3, -0.25) is 9.69 Å². The Morgan fingerprint density at radius 2 is 1.84 bits per heavy atom. The summed E-state index contributed by atoms with van der Waals surface area (Å²) in [6, 6.07) is 4.38. The molecule has 31 heavy (non-hydrogen) atoms. The number of anilines is 3. The zero-order chi connectivity index (χ0) is 22.0. The first kappa shape index (κ1) is 20.8. The summed E-state index contributed by atoms with van der Waals surface area (Å²) in [4.78, 5) is 37.4. The van der Waals surface area contributed by atoms with Crippen molar-refractivity contribution in [2.45, 2.75) is 19.9 Å². The molecule has 0 aliphatic carbocycles. The molecular weight excluding hydrogens is 403 g/mol. The van der Waals surface area contributed by atoms with Crippen molar-refractivity contribution in [1.82, 2.24) is 15.3 Å². The van der Waals surface area contributed by atoms with Gasteiger partial charge in [0, 0.05) is 39.6 Å². The fourth-order valence-electron chi connectivity index (χ4n) is 3.85. The van der Waals surface area contributed by atoms with E-state index in [0.717, 1.165) is 24.6 Å². The molecule has 0 bridgehead atoms. The minimum atomic E-state index is -0.545. The zero-order valence-electron chi connectivity index (χ0n) is 17.5. The smallest absolute Gasteiger partial charge is 0.414 e. The van der Waals surface area contributed by atoms with Gasteiger partial charge in [-0.25, -0.2) is 19.2 Å². The van der Waals surface area contributed by atoms with Crippen LogP contribution < -0.4 is 20.0 Å². The van der Waals surface area contributed by atoms with Gasteiger partial charge < -0.3 is 19.9 Å². The summed E-state index contributed by atoms with van der Waals surface area (Å²) in [5.41, 5.74) is 1.86. The van der Waals surface area contributed by atoms with Gasteiger partial charge in [-0.2, -0.15) is 0 Å². The number of nitrogens with one attached hydrogen (secondary N) is 1. The Kier molecular flexibility index (Phi) is 5.88. The predicted molar refractivity (Wildman–Crippen MR) is 114 cm³/mol. The summed E-state index contributed by atoms with van der Waals surface area (Å²) in [5.74, 6) is 0.130. The molecule has 4 rings (SSSR count). The molecule has 0 spiro atoms. The summed E-state index contributed by atoms with van der Waals surface area (Å²) in [6.45, 7) is 6.40. The van der Waals surface area contributed by atoms with E-state index in [1.807, 2.05) is 11.8 Å². The quantitative estimate of drug-likeness (QED) is 0.775. The second kappa shape index (κ2) is 8.75. The minimum absolute atomic E-state index is 0.146. The number of aromatic nitrogens is 2. The average molecular weight is 428 g/mol. The molecule has 2 aliphatic heterocycles. The average Bonchev–Trinajstić information content (AvgIpc) is 3.13. The van der Waals surface area contributed by atoms with Crippen LogP contribution >= 0.6 is 0 Å². The Bertz CT molecular complexity index is 962. The van der Waals surface area contributed by atoms with Crippen LogP contribution in [0.1, 0.15) is 12.7 Å².